The molecule has 0 amide bonds. The highest BCUT2D eigenvalue weighted by atomic mass is 14.1. The lowest BCUT2D eigenvalue weighted by atomic mass is 9.89. The molecule has 0 radical (unpaired) electrons. The quantitative estimate of drug-likeness (QED) is 0.339. The maximum atomic E-state index is 2.23. The topological polar surface area (TPSA) is 0 Å². The van der Waals surface area contributed by atoms with Gasteiger partial charge in [-0.05, 0) is 45.9 Å². The smallest absolute Gasteiger partial charge is 0.00762 e. The summed E-state index contributed by atoms with van der Waals surface area (Å²) in [6.45, 7) is 2.21. The number of hydrogen-bond acceptors (Lipinski definition) is 0. The molecule has 0 spiro atoms. The van der Waals surface area contributed by atoms with E-state index < -0.39 is 0 Å². The van der Waals surface area contributed by atoms with Crippen LogP contribution in [0.25, 0.3) is 22.3 Å². The zero-order valence-electron chi connectivity index (χ0n) is 15.5. The van der Waals surface area contributed by atoms with Crippen LogP contribution in [0.5, 0.6) is 0 Å². The lowest BCUT2D eigenvalue weighted by Crippen LogP contribution is -1.93. The molecule has 0 unspecified atom stereocenters. The summed E-state index contributed by atoms with van der Waals surface area (Å²) in [5.41, 5.74) is 8.78. The van der Waals surface area contributed by atoms with Gasteiger partial charge >= 0.3 is 0 Å². The van der Waals surface area contributed by atoms with Gasteiger partial charge < -0.3 is 0 Å². The Hall–Kier alpha value is -3.38. The van der Waals surface area contributed by atoms with E-state index in [1.165, 1.54) is 39.0 Å². The molecule has 0 aliphatic rings. The SMILES string of the molecule is C/C(=C(\c1ccccc1)c1ccc(-c2ccccc2)cc1)c1ccccc1. The predicted octanol–water partition coefficient (Wildman–Crippen LogP) is 7.33. The normalized spacial score (nSPS) is 11.7. The third-order valence-corrected chi connectivity index (χ3v) is 4.92. The van der Waals surface area contributed by atoms with Crippen molar-refractivity contribution in [2.24, 2.45) is 0 Å². The molecule has 0 aliphatic carbocycles. The van der Waals surface area contributed by atoms with E-state index >= 15 is 0 Å². The summed E-state index contributed by atoms with van der Waals surface area (Å²) >= 11 is 0. The van der Waals surface area contributed by atoms with Crippen LogP contribution in [0.4, 0.5) is 0 Å². The molecule has 0 aromatic heterocycles. The molecule has 0 bridgehead atoms. The maximum absolute atomic E-state index is 2.23. The van der Waals surface area contributed by atoms with Crippen LogP contribution < -0.4 is 0 Å². The molecule has 0 nitrogen and oxygen atoms in total. The Morgan fingerprint density at radius 2 is 0.815 bits per heavy atom. The van der Waals surface area contributed by atoms with Gasteiger partial charge in [0.1, 0.15) is 0 Å². The van der Waals surface area contributed by atoms with E-state index in [1.54, 1.807) is 0 Å². The minimum atomic E-state index is 1.24. The molecule has 4 aromatic rings. The molecular formula is C27H22. The van der Waals surface area contributed by atoms with Gasteiger partial charge in [-0.25, -0.2) is 0 Å². The Kier molecular flexibility index (Phi) is 4.98. The molecule has 0 fully saturated rings. The largest absolute Gasteiger partial charge is 0.0622 e. The maximum Gasteiger partial charge on any atom is -0.00762 e. The van der Waals surface area contributed by atoms with Crippen LogP contribution in [0.15, 0.2) is 115 Å². The van der Waals surface area contributed by atoms with Gasteiger partial charge in [0, 0.05) is 0 Å². The monoisotopic (exact) mass is 346 g/mol. The molecule has 27 heavy (non-hydrogen) atoms. The average molecular weight is 346 g/mol. The molecule has 0 heteroatoms. The molecule has 0 saturated heterocycles. The van der Waals surface area contributed by atoms with Crippen molar-refractivity contribution in [3.63, 3.8) is 0 Å². The average Bonchev–Trinajstić information content (AvgIpc) is 2.76. The molecule has 4 aromatic carbocycles. The second kappa shape index (κ2) is 7.88. The first-order valence-corrected chi connectivity index (χ1v) is 9.30. The van der Waals surface area contributed by atoms with Crippen LogP contribution in [-0.2, 0) is 0 Å². The molecule has 4 rings (SSSR count). The lowest BCUT2D eigenvalue weighted by Gasteiger charge is -2.15. The van der Waals surface area contributed by atoms with Gasteiger partial charge in [0.25, 0.3) is 0 Å². The Morgan fingerprint density at radius 1 is 0.407 bits per heavy atom. The summed E-state index contributed by atoms with van der Waals surface area (Å²) in [7, 11) is 0. The van der Waals surface area contributed by atoms with Crippen molar-refractivity contribution < 1.29 is 0 Å². The van der Waals surface area contributed by atoms with Crippen LogP contribution in [0.3, 0.4) is 0 Å². The van der Waals surface area contributed by atoms with Crippen molar-refractivity contribution in [2.45, 2.75) is 6.92 Å². The summed E-state index contributed by atoms with van der Waals surface area (Å²) < 4.78 is 0. The summed E-state index contributed by atoms with van der Waals surface area (Å²) in [6, 6.07) is 40.7. The molecule has 130 valence electrons. The zero-order chi connectivity index (χ0) is 18.5. The molecule has 0 saturated carbocycles. The van der Waals surface area contributed by atoms with Gasteiger partial charge in [-0.2, -0.15) is 0 Å². The number of hydrogen-bond donors (Lipinski definition) is 0. The van der Waals surface area contributed by atoms with E-state index in [2.05, 4.69) is 122 Å². The zero-order valence-corrected chi connectivity index (χ0v) is 15.5. The highest BCUT2D eigenvalue weighted by Crippen LogP contribution is 2.33. The predicted molar refractivity (Wildman–Crippen MR) is 116 cm³/mol. The Balaban J connectivity index is 1.83. The van der Waals surface area contributed by atoms with E-state index in [-0.39, 0.29) is 0 Å². The lowest BCUT2D eigenvalue weighted by molar-refractivity contribution is 1.50. The van der Waals surface area contributed by atoms with Gasteiger partial charge in [0.05, 0.1) is 0 Å². The van der Waals surface area contributed by atoms with Crippen molar-refractivity contribution >= 4 is 11.1 Å². The summed E-state index contributed by atoms with van der Waals surface area (Å²) in [5, 5.41) is 0. The van der Waals surface area contributed by atoms with Crippen LogP contribution in [0.2, 0.25) is 0 Å². The van der Waals surface area contributed by atoms with Crippen LogP contribution in [-0.4, -0.2) is 0 Å². The first-order valence-electron chi connectivity index (χ1n) is 9.30. The highest BCUT2D eigenvalue weighted by molar-refractivity contribution is 5.98. The number of allylic oxidation sites excluding steroid dienone is 1. The molecule has 0 atom stereocenters. The molecule has 0 heterocycles. The molecule has 0 aliphatic heterocycles. The standard InChI is InChI=1S/C27H22/c1-21(22-11-5-2-6-12-22)27(25-15-9-4-10-16-25)26-19-17-24(18-20-26)23-13-7-3-8-14-23/h2-20H,1H3/b27-21-. The second-order valence-electron chi connectivity index (χ2n) is 6.68. The van der Waals surface area contributed by atoms with Gasteiger partial charge in [0.15, 0.2) is 0 Å². The molecule has 0 N–H and O–H groups in total. The minimum absolute atomic E-state index is 1.24. The minimum Gasteiger partial charge on any atom is -0.0622 e. The van der Waals surface area contributed by atoms with Gasteiger partial charge in [-0.3, -0.25) is 0 Å². The highest BCUT2D eigenvalue weighted by Gasteiger charge is 2.11. The Labute approximate surface area is 161 Å². The van der Waals surface area contributed by atoms with E-state index in [0.29, 0.717) is 0 Å². The summed E-state index contributed by atoms with van der Waals surface area (Å²) in [4.78, 5) is 0. The van der Waals surface area contributed by atoms with E-state index in [4.69, 9.17) is 0 Å². The van der Waals surface area contributed by atoms with Crippen molar-refractivity contribution in [3.05, 3.63) is 132 Å². The first-order chi connectivity index (χ1) is 13.3. The number of rotatable bonds is 4. The van der Waals surface area contributed by atoms with Crippen molar-refractivity contribution in [1.29, 1.82) is 0 Å². The summed E-state index contributed by atoms with van der Waals surface area (Å²) in [6.07, 6.45) is 0. The fraction of sp³-hybridized carbons (Fsp3) is 0.0370. The van der Waals surface area contributed by atoms with E-state index in [1.807, 2.05) is 0 Å². The second-order valence-corrected chi connectivity index (χ2v) is 6.68. The molecular weight excluding hydrogens is 324 g/mol. The summed E-state index contributed by atoms with van der Waals surface area (Å²) in [5.74, 6) is 0. The van der Waals surface area contributed by atoms with E-state index in [9.17, 15) is 0 Å². The third kappa shape index (κ3) is 3.75. The fourth-order valence-corrected chi connectivity index (χ4v) is 3.50. The van der Waals surface area contributed by atoms with E-state index in [0.717, 1.165) is 0 Å². The van der Waals surface area contributed by atoms with Gasteiger partial charge in [-0.15, -0.1) is 0 Å². The van der Waals surface area contributed by atoms with Crippen LogP contribution >= 0.6 is 0 Å². The number of benzene rings is 4. The Morgan fingerprint density at radius 3 is 1.37 bits per heavy atom. The van der Waals surface area contributed by atoms with Crippen LogP contribution in [0, 0.1) is 0 Å². The van der Waals surface area contributed by atoms with Crippen molar-refractivity contribution in [3.8, 4) is 11.1 Å². The third-order valence-electron chi connectivity index (χ3n) is 4.92. The van der Waals surface area contributed by atoms with Crippen LogP contribution in [0.1, 0.15) is 23.6 Å². The van der Waals surface area contributed by atoms with Gasteiger partial charge in [0.2, 0.25) is 0 Å². The first kappa shape index (κ1) is 17.1. The van der Waals surface area contributed by atoms with Gasteiger partial charge in [-0.1, -0.05) is 115 Å². The van der Waals surface area contributed by atoms with Crippen molar-refractivity contribution in [2.75, 3.05) is 0 Å². The fourth-order valence-electron chi connectivity index (χ4n) is 3.50. The van der Waals surface area contributed by atoms with Crippen molar-refractivity contribution in [1.82, 2.24) is 0 Å². The Bertz CT molecular complexity index is 1030.